The summed E-state index contributed by atoms with van der Waals surface area (Å²) >= 11 is 0. The summed E-state index contributed by atoms with van der Waals surface area (Å²) in [4.78, 5) is 2.34. The van der Waals surface area contributed by atoms with Crippen molar-refractivity contribution < 1.29 is 9.84 Å². The smallest absolute Gasteiger partial charge is 0.119 e. The van der Waals surface area contributed by atoms with Crippen molar-refractivity contribution in [1.29, 1.82) is 0 Å². The summed E-state index contributed by atoms with van der Waals surface area (Å²) in [7, 11) is 1.67. The van der Waals surface area contributed by atoms with Gasteiger partial charge in [0, 0.05) is 0 Å². The molecule has 88 valence electrons. The minimum absolute atomic E-state index is 0.123. The van der Waals surface area contributed by atoms with Gasteiger partial charge in [0.25, 0.3) is 0 Å². The predicted octanol–water partition coefficient (Wildman–Crippen LogP) is 1.82. The van der Waals surface area contributed by atoms with Crippen LogP contribution in [0.25, 0.3) is 0 Å². The van der Waals surface area contributed by atoms with Gasteiger partial charge in [-0.3, -0.25) is 4.90 Å². The summed E-state index contributed by atoms with van der Waals surface area (Å²) in [5.74, 6) is 0.857. The molecule has 16 heavy (non-hydrogen) atoms. The average molecular weight is 221 g/mol. The zero-order valence-corrected chi connectivity index (χ0v) is 9.72. The van der Waals surface area contributed by atoms with Crippen LogP contribution in [0, 0.1) is 0 Å². The molecule has 1 N–H and O–H groups in total. The van der Waals surface area contributed by atoms with Gasteiger partial charge in [0.1, 0.15) is 5.75 Å². The first kappa shape index (κ1) is 11.4. The van der Waals surface area contributed by atoms with Crippen LogP contribution in [0.4, 0.5) is 0 Å². The Morgan fingerprint density at radius 1 is 1.38 bits per heavy atom. The highest BCUT2D eigenvalue weighted by atomic mass is 16.5. The molecule has 2 rings (SSSR count). The molecule has 0 saturated carbocycles. The number of nitrogens with zero attached hydrogens (tertiary/aromatic N) is 1. The Kier molecular flexibility index (Phi) is 3.80. The lowest BCUT2D eigenvalue weighted by Gasteiger charge is -2.26. The third-order valence-electron chi connectivity index (χ3n) is 3.23. The van der Waals surface area contributed by atoms with Crippen molar-refractivity contribution in [3.8, 4) is 5.75 Å². The molecule has 1 unspecified atom stereocenters. The molecular weight excluding hydrogens is 202 g/mol. The third-order valence-corrected chi connectivity index (χ3v) is 3.23. The van der Waals surface area contributed by atoms with Crippen molar-refractivity contribution in [1.82, 2.24) is 4.90 Å². The van der Waals surface area contributed by atoms with E-state index < -0.39 is 0 Å². The number of benzene rings is 1. The molecule has 1 aliphatic heterocycles. The Morgan fingerprint density at radius 2 is 2.12 bits per heavy atom. The van der Waals surface area contributed by atoms with E-state index >= 15 is 0 Å². The van der Waals surface area contributed by atoms with Crippen LogP contribution in [0.3, 0.4) is 0 Å². The summed E-state index contributed by atoms with van der Waals surface area (Å²) < 4.78 is 5.21. The summed E-state index contributed by atoms with van der Waals surface area (Å²) in [6, 6.07) is 8.10. The van der Waals surface area contributed by atoms with E-state index in [1.165, 1.54) is 12.8 Å². The van der Waals surface area contributed by atoms with E-state index in [-0.39, 0.29) is 12.6 Å². The summed E-state index contributed by atoms with van der Waals surface area (Å²) in [5, 5.41) is 9.52. The van der Waals surface area contributed by atoms with E-state index in [2.05, 4.69) is 11.0 Å². The predicted molar refractivity (Wildman–Crippen MR) is 63.6 cm³/mol. The molecule has 1 aliphatic rings. The lowest BCUT2D eigenvalue weighted by molar-refractivity contribution is 0.147. The topological polar surface area (TPSA) is 32.7 Å². The summed E-state index contributed by atoms with van der Waals surface area (Å²) in [6.45, 7) is 2.35. The fraction of sp³-hybridized carbons (Fsp3) is 0.538. The highest BCUT2D eigenvalue weighted by Crippen LogP contribution is 2.26. The van der Waals surface area contributed by atoms with Gasteiger partial charge in [-0.25, -0.2) is 0 Å². The third kappa shape index (κ3) is 2.36. The van der Waals surface area contributed by atoms with Crippen LogP contribution in [0.5, 0.6) is 5.75 Å². The number of likely N-dealkylation sites (tertiary alicyclic amines) is 1. The van der Waals surface area contributed by atoms with Gasteiger partial charge in [-0.05, 0) is 43.6 Å². The number of hydrogen-bond donors (Lipinski definition) is 1. The van der Waals surface area contributed by atoms with Gasteiger partial charge < -0.3 is 9.84 Å². The maximum absolute atomic E-state index is 9.52. The lowest BCUT2D eigenvalue weighted by atomic mass is 10.1. The quantitative estimate of drug-likeness (QED) is 0.842. The van der Waals surface area contributed by atoms with Crippen molar-refractivity contribution in [3.63, 3.8) is 0 Å². The van der Waals surface area contributed by atoms with Crippen LogP contribution in [-0.2, 0) is 0 Å². The number of aliphatic hydroxyl groups is 1. The molecular formula is C13H19NO2. The molecule has 0 bridgehead atoms. The van der Waals surface area contributed by atoms with E-state index in [1.54, 1.807) is 7.11 Å². The Morgan fingerprint density at radius 3 is 2.75 bits per heavy atom. The van der Waals surface area contributed by atoms with E-state index in [4.69, 9.17) is 4.74 Å². The maximum atomic E-state index is 9.52. The highest BCUT2D eigenvalue weighted by Gasteiger charge is 2.22. The second-order valence-electron chi connectivity index (χ2n) is 4.22. The first-order valence-electron chi connectivity index (χ1n) is 5.84. The molecule has 3 heteroatoms. The van der Waals surface area contributed by atoms with Crippen molar-refractivity contribution in [2.75, 3.05) is 26.8 Å². The van der Waals surface area contributed by atoms with E-state index in [0.717, 1.165) is 24.4 Å². The van der Waals surface area contributed by atoms with Crippen molar-refractivity contribution >= 4 is 0 Å². The molecule has 1 saturated heterocycles. The van der Waals surface area contributed by atoms with Crippen LogP contribution in [0.2, 0.25) is 0 Å². The Balaban J connectivity index is 2.18. The van der Waals surface area contributed by atoms with Crippen LogP contribution in [0.1, 0.15) is 24.4 Å². The largest absolute Gasteiger partial charge is 0.497 e. The first-order valence-corrected chi connectivity index (χ1v) is 5.84. The van der Waals surface area contributed by atoms with Gasteiger partial charge in [-0.15, -0.1) is 0 Å². The molecule has 0 aliphatic carbocycles. The van der Waals surface area contributed by atoms with Gasteiger partial charge in [-0.2, -0.15) is 0 Å². The second kappa shape index (κ2) is 5.32. The molecule has 0 amide bonds. The van der Waals surface area contributed by atoms with Crippen LogP contribution < -0.4 is 4.74 Å². The standard InChI is InChI=1S/C13H19NO2/c1-16-12-6-4-5-11(9-12)13(10-15)14-7-2-3-8-14/h4-6,9,13,15H,2-3,7-8,10H2,1H3. The monoisotopic (exact) mass is 221 g/mol. The minimum Gasteiger partial charge on any atom is -0.497 e. The SMILES string of the molecule is COc1cccc(C(CO)N2CCCC2)c1. The number of rotatable bonds is 4. The first-order chi connectivity index (χ1) is 7.85. The molecule has 1 fully saturated rings. The van der Waals surface area contributed by atoms with Crippen LogP contribution in [-0.4, -0.2) is 36.8 Å². The van der Waals surface area contributed by atoms with Gasteiger partial charge >= 0.3 is 0 Å². The van der Waals surface area contributed by atoms with Gasteiger partial charge in [0.2, 0.25) is 0 Å². The maximum Gasteiger partial charge on any atom is 0.119 e. The average Bonchev–Trinajstić information content (AvgIpc) is 2.84. The van der Waals surface area contributed by atoms with Crippen LogP contribution >= 0.6 is 0 Å². The Bertz CT molecular complexity index is 334. The van der Waals surface area contributed by atoms with E-state index in [0.29, 0.717) is 0 Å². The molecule has 1 atom stereocenters. The summed E-state index contributed by atoms with van der Waals surface area (Å²) in [6.07, 6.45) is 2.47. The molecule has 1 heterocycles. The van der Waals surface area contributed by atoms with Gasteiger partial charge in [0.05, 0.1) is 19.8 Å². The summed E-state index contributed by atoms with van der Waals surface area (Å²) in [5.41, 5.74) is 1.14. The lowest BCUT2D eigenvalue weighted by Crippen LogP contribution is -2.28. The van der Waals surface area contributed by atoms with Crippen LogP contribution in [0.15, 0.2) is 24.3 Å². The highest BCUT2D eigenvalue weighted by molar-refractivity contribution is 5.30. The molecule has 0 radical (unpaired) electrons. The number of hydrogen-bond acceptors (Lipinski definition) is 3. The van der Waals surface area contributed by atoms with Crippen molar-refractivity contribution in [2.24, 2.45) is 0 Å². The minimum atomic E-state index is 0.123. The molecule has 3 nitrogen and oxygen atoms in total. The number of ether oxygens (including phenoxy) is 1. The molecule has 1 aromatic carbocycles. The zero-order valence-electron chi connectivity index (χ0n) is 9.72. The van der Waals surface area contributed by atoms with Gasteiger partial charge in [-0.1, -0.05) is 12.1 Å². The van der Waals surface area contributed by atoms with E-state index in [9.17, 15) is 5.11 Å². The fourth-order valence-corrected chi connectivity index (χ4v) is 2.33. The second-order valence-corrected chi connectivity index (χ2v) is 4.22. The number of aliphatic hydroxyl groups excluding tert-OH is 1. The molecule has 1 aromatic rings. The number of methoxy groups -OCH3 is 1. The Hall–Kier alpha value is -1.06. The zero-order chi connectivity index (χ0) is 11.4. The fourth-order valence-electron chi connectivity index (χ4n) is 2.33. The molecule has 0 spiro atoms. The van der Waals surface area contributed by atoms with Crippen molar-refractivity contribution in [3.05, 3.63) is 29.8 Å². The van der Waals surface area contributed by atoms with Gasteiger partial charge in [0.15, 0.2) is 0 Å². The Labute approximate surface area is 96.6 Å². The normalized spacial score (nSPS) is 18.6. The molecule has 0 aromatic heterocycles. The van der Waals surface area contributed by atoms with Crippen molar-refractivity contribution in [2.45, 2.75) is 18.9 Å². The van der Waals surface area contributed by atoms with E-state index in [1.807, 2.05) is 18.2 Å².